The maximum Gasteiger partial charge on any atom is 0.231 e. The molecule has 1 aromatic rings. The van der Waals surface area contributed by atoms with E-state index in [1.54, 1.807) is 10.9 Å². The van der Waals surface area contributed by atoms with Crippen LogP contribution in [-0.2, 0) is 11.3 Å². The number of anilines is 1. The first-order valence-electron chi connectivity index (χ1n) is 6.24. The number of nitrogens with one attached hydrogen (secondary N) is 1. The number of nitrogens with zero attached hydrogens (tertiary/aromatic N) is 2. The molecule has 5 nitrogen and oxygen atoms in total. The second-order valence-electron chi connectivity index (χ2n) is 4.73. The van der Waals surface area contributed by atoms with E-state index in [1.807, 2.05) is 13.1 Å². The van der Waals surface area contributed by atoms with Crippen LogP contribution in [-0.4, -0.2) is 22.2 Å². The Morgan fingerprint density at radius 2 is 2.29 bits per heavy atom. The summed E-state index contributed by atoms with van der Waals surface area (Å²) in [5.74, 6) is 0.0492. The molecule has 0 aliphatic heterocycles. The average Bonchev–Trinajstić information content (AvgIpc) is 2.97. The first-order chi connectivity index (χ1) is 8.20. The monoisotopic (exact) mass is 236 g/mol. The number of aromatic nitrogens is 2. The summed E-state index contributed by atoms with van der Waals surface area (Å²) in [5.41, 5.74) is 6.18. The SMILES string of the molecule is CCn1cc(NC(=O)C2(CN)CCCC2)cn1. The van der Waals surface area contributed by atoms with Crippen LogP contribution in [0.1, 0.15) is 32.6 Å². The highest BCUT2D eigenvalue weighted by atomic mass is 16.2. The number of rotatable bonds is 4. The largest absolute Gasteiger partial charge is 0.329 e. The van der Waals surface area contributed by atoms with Gasteiger partial charge >= 0.3 is 0 Å². The summed E-state index contributed by atoms with van der Waals surface area (Å²) in [6.45, 7) is 3.25. The highest BCUT2D eigenvalue weighted by Gasteiger charge is 2.39. The van der Waals surface area contributed by atoms with Crippen molar-refractivity contribution in [1.29, 1.82) is 0 Å². The molecule has 17 heavy (non-hydrogen) atoms. The summed E-state index contributed by atoms with van der Waals surface area (Å²) in [5, 5.41) is 7.06. The second-order valence-corrected chi connectivity index (χ2v) is 4.73. The Morgan fingerprint density at radius 3 is 2.82 bits per heavy atom. The van der Waals surface area contributed by atoms with Gasteiger partial charge in [0, 0.05) is 19.3 Å². The third kappa shape index (κ3) is 2.34. The minimum Gasteiger partial charge on any atom is -0.329 e. The van der Waals surface area contributed by atoms with E-state index in [4.69, 9.17) is 5.73 Å². The van der Waals surface area contributed by atoms with Gasteiger partial charge in [-0.25, -0.2) is 0 Å². The minimum absolute atomic E-state index is 0.0492. The van der Waals surface area contributed by atoms with E-state index in [-0.39, 0.29) is 11.3 Å². The summed E-state index contributed by atoms with van der Waals surface area (Å²) in [6.07, 6.45) is 7.52. The van der Waals surface area contributed by atoms with Gasteiger partial charge in [-0.3, -0.25) is 9.48 Å². The van der Waals surface area contributed by atoms with Crippen LogP contribution >= 0.6 is 0 Å². The highest BCUT2D eigenvalue weighted by molar-refractivity contribution is 5.95. The third-order valence-corrected chi connectivity index (χ3v) is 3.65. The Hall–Kier alpha value is -1.36. The van der Waals surface area contributed by atoms with Crippen molar-refractivity contribution in [1.82, 2.24) is 9.78 Å². The van der Waals surface area contributed by atoms with Crippen LogP contribution in [0.15, 0.2) is 12.4 Å². The zero-order valence-corrected chi connectivity index (χ0v) is 10.3. The number of aryl methyl sites for hydroxylation is 1. The van der Waals surface area contributed by atoms with Gasteiger partial charge in [0.15, 0.2) is 0 Å². The van der Waals surface area contributed by atoms with Crippen LogP contribution in [0.25, 0.3) is 0 Å². The first kappa shape index (κ1) is 12.1. The molecule has 1 aliphatic carbocycles. The van der Waals surface area contributed by atoms with Gasteiger partial charge in [-0.05, 0) is 19.8 Å². The van der Waals surface area contributed by atoms with E-state index in [9.17, 15) is 4.79 Å². The molecule has 94 valence electrons. The van der Waals surface area contributed by atoms with Gasteiger partial charge in [0.25, 0.3) is 0 Å². The Morgan fingerprint density at radius 1 is 1.59 bits per heavy atom. The molecule has 1 aromatic heterocycles. The lowest BCUT2D eigenvalue weighted by atomic mass is 9.85. The fourth-order valence-electron chi connectivity index (χ4n) is 2.44. The number of carbonyl (C=O) groups is 1. The van der Waals surface area contributed by atoms with Gasteiger partial charge in [0.2, 0.25) is 5.91 Å². The van der Waals surface area contributed by atoms with Crippen LogP contribution in [0, 0.1) is 5.41 Å². The van der Waals surface area contributed by atoms with Crippen molar-refractivity contribution in [2.75, 3.05) is 11.9 Å². The highest BCUT2D eigenvalue weighted by Crippen LogP contribution is 2.38. The molecule has 1 aliphatic rings. The maximum absolute atomic E-state index is 12.2. The molecule has 0 atom stereocenters. The lowest BCUT2D eigenvalue weighted by Gasteiger charge is -2.25. The molecule has 0 radical (unpaired) electrons. The lowest BCUT2D eigenvalue weighted by molar-refractivity contribution is -0.124. The molecule has 0 saturated heterocycles. The van der Waals surface area contributed by atoms with E-state index in [0.717, 1.165) is 37.9 Å². The molecule has 1 fully saturated rings. The molecular formula is C12H20N4O. The van der Waals surface area contributed by atoms with Gasteiger partial charge < -0.3 is 11.1 Å². The van der Waals surface area contributed by atoms with Crippen LogP contribution in [0.3, 0.4) is 0 Å². The smallest absolute Gasteiger partial charge is 0.231 e. The second kappa shape index (κ2) is 4.87. The molecule has 0 bridgehead atoms. The van der Waals surface area contributed by atoms with Crippen LogP contribution in [0.5, 0.6) is 0 Å². The van der Waals surface area contributed by atoms with Crippen molar-refractivity contribution in [3.8, 4) is 0 Å². The Bertz CT molecular complexity index is 393. The topological polar surface area (TPSA) is 72.9 Å². The van der Waals surface area contributed by atoms with Crippen molar-refractivity contribution >= 4 is 11.6 Å². The number of carbonyl (C=O) groups excluding carboxylic acids is 1. The van der Waals surface area contributed by atoms with Crippen molar-refractivity contribution in [3.05, 3.63) is 12.4 Å². The molecule has 2 rings (SSSR count). The summed E-state index contributed by atoms with van der Waals surface area (Å²) < 4.78 is 1.79. The fraction of sp³-hybridized carbons (Fsp3) is 0.667. The van der Waals surface area contributed by atoms with Crippen molar-refractivity contribution in [2.45, 2.75) is 39.2 Å². The van der Waals surface area contributed by atoms with Crippen molar-refractivity contribution in [2.24, 2.45) is 11.1 Å². The number of hydrogen-bond donors (Lipinski definition) is 2. The van der Waals surface area contributed by atoms with E-state index in [2.05, 4.69) is 10.4 Å². The molecule has 0 aromatic carbocycles. The van der Waals surface area contributed by atoms with E-state index in [1.165, 1.54) is 0 Å². The predicted molar refractivity (Wildman–Crippen MR) is 66.5 cm³/mol. The van der Waals surface area contributed by atoms with E-state index < -0.39 is 0 Å². The third-order valence-electron chi connectivity index (χ3n) is 3.65. The molecule has 3 N–H and O–H groups in total. The van der Waals surface area contributed by atoms with Crippen LogP contribution in [0.2, 0.25) is 0 Å². The standard InChI is InChI=1S/C12H20N4O/c1-2-16-8-10(7-14-16)15-11(17)12(9-13)5-3-4-6-12/h7-8H,2-6,9,13H2,1H3,(H,15,17). The Labute approximate surface area is 101 Å². The number of hydrogen-bond acceptors (Lipinski definition) is 3. The Balaban J connectivity index is 2.05. The molecule has 1 heterocycles. The zero-order valence-electron chi connectivity index (χ0n) is 10.3. The van der Waals surface area contributed by atoms with Crippen molar-refractivity contribution in [3.63, 3.8) is 0 Å². The zero-order chi connectivity index (χ0) is 12.3. The summed E-state index contributed by atoms with van der Waals surface area (Å²) >= 11 is 0. The molecule has 0 unspecified atom stereocenters. The molecular weight excluding hydrogens is 216 g/mol. The quantitative estimate of drug-likeness (QED) is 0.829. The first-order valence-corrected chi connectivity index (χ1v) is 6.24. The van der Waals surface area contributed by atoms with Gasteiger partial charge in [-0.2, -0.15) is 5.10 Å². The van der Waals surface area contributed by atoms with Gasteiger partial charge in [-0.15, -0.1) is 0 Å². The predicted octanol–water partition coefficient (Wildman–Crippen LogP) is 1.36. The minimum atomic E-state index is -0.353. The van der Waals surface area contributed by atoms with Crippen LogP contribution < -0.4 is 11.1 Å². The summed E-state index contributed by atoms with van der Waals surface area (Å²) in [7, 11) is 0. The van der Waals surface area contributed by atoms with Gasteiger partial charge in [0.1, 0.15) is 0 Å². The summed E-state index contributed by atoms with van der Waals surface area (Å²) in [4.78, 5) is 12.2. The normalized spacial score (nSPS) is 18.2. The number of amides is 1. The van der Waals surface area contributed by atoms with E-state index in [0.29, 0.717) is 6.54 Å². The molecule has 1 saturated carbocycles. The van der Waals surface area contributed by atoms with E-state index >= 15 is 0 Å². The maximum atomic E-state index is 12.2. The number of nitrogens with two attached hydrogens (primary N) is 1. The van der Waals surface area contributed by atoms with Crippen LogP contribution in [0.4, 0.5) is 5.69 Å². The van der Waals surface area contributed by atoms with Gasteiger partial charge in [0.05, 0.1) is 17.3 Å². The van der Waals surface area contributed by atoms with Gasteiger partial charge in [-0.1, -0.05) is 12.8 Å². The van der Waals surface area contributed by atoms with Crippen molar-refractivity contribution < 1.29 is 4.79 Å². The molecule has 1 amide bonds. The lowest BCUT2D eigenvalue weighted by Crippen LogP contribution is -2.40. The molecule has 5 heteroatoms. The fourth-order valence-corrected chi connectivity index (χ4v) is 2.44. The molecule has 0 spiro atoms. The summed E-state index contributed by atoms with van der Waals surface area (Å²) in [6, 6.07) is 0. The average molecular weight is 236 g/mol. The Kier molecular flexibility index (Phi) is 3.47.